The van der Waals surface area contributed by atoms with Crippen molar-refractivity contribution in [1.82, 2.24) is 29.3 Å². The van der Waals surface area contributed by atoms with Crippen LogP contribution in [0.3, 0.4) is 0 Å². The standard InChI is InChI=1S/C21H22N6O2/c1-15(2)12-25-13-17(11-23-25)26-14-19(29-3)21(28)20(24-26)18-9-10-22-27(18)16-7-5-4-6-8-16/h4-11,13-15H,12H2,1-3H3. The average molecular weight is 390 g/mol. The van der Waals surface area contributed by atoms with Gasteiger partial charge in [0.25, 0.3) is 5.43 Å². The summed E-state index contributed by atoms with van der Waals surface area (Å²) in [6.45, 7) is 5.06. The number of rotatable bonds is 6. The summed E-state index contributed by atoms with van der Waals surface area (Å²) in [6, 6.07) is 11.4. The monoisotopic (exact) mass is 390 g/mol. The first-order valence-electron chi connectivity index (χ1n) is 9.37. The molecule has 0 aliphatic rings. The van der Waals surface area contributed by atoms with Crippen LogP contribution >= 0.6 is 0 Å². The molecule has 4 rings (SSSR count). The van der Waals surface area contributed by atoms with E-state index in [4.69, 9.17) is 4.74 Å². The lowest BCUT2D eigenvalue weighted by molar-refractivity contribution is 0.405. The van der Waals surface area contributed by atoms with E-state index >= 15 is 0 Å². The van der Waals surface area contributed by atoms with Crippen molar-refractivity contribution in [1.29, 1.82) is 0 Å². The molecular weight excluding hydrogens is 368 g/mol. The van der Waals surface area contributed by atoms with E-state index in [1.807, 2.05) is 41.2 Å². The normalized spacial score (nSPS) is 11.2. The molecule has 0 saturated carbocycles. The lowest BCUT2D eigenvalue weighted by Gasteiger charge is -2.11. The van der Waals surface area contributed by atoms with Gasteiger partial charge in [-0.15, -0.1) is 0 Å². The maximum atomic E-state index is 13.0. The topological polar surface area (TPSA) is 79.8 Å². The predicted octanol–water partition coefficient (Wildman–Crippen LogP) is 2.95. The van der Waals surface area contributed by atoms with Gasteiger partial charge < -0.3 is 4.74 Å². The SMILES string of the molecule is COc1cn(-c2cnn(CC(C)C)c2)nc(-c2ccnn2-c2ccccc2)c1=O. The van der Waals surface area contributed by atoms with Crippen molar-refractivity contribution >= 4 is 0 Å². The largest absolute Gasteiger partial charge is 0.491 e. The molecular formula is C21H22N6O2. The lowest BCUT2D eigenvalue weighted by atomic mass is 10.2. The highest BCUT2D eigenvalue weighted by atomic mass is 16.5. The highest BCUT2D eigenvalue weighted by Crippen LogP contribution is 2.20. The van der Waals surface area contributed by atoms with Gasteiger partial charge in [-0.2, -0.15) is 15.3 Å². The van der Waals surface area contributed by atoms with Crippen molar-refractivity contribution in [3.8, 4) is 28.5 Å². The Balaban J connectivity index is 1.84. The number of ether oxygens (including phenoxy) is 1. The van der Waals surface area contributed by atoms with E-state index in [-0.39, 0.29) is 16.9 Å². The molecule has 0 saturated heterocycles. The van der Waals surface area contributed by atoms with Crippen LogP contribution in [0.2, 0.25) is 0 Å². The Morgan fingerprint density at radius 3 is 2.55 bits per heavy atom. The highest BCUT2D eigenvalue weighted by molar-refractivity contribution is 5.59. The second-order valence-electron chi connectivity index (χ2n) is 7.10. The van der Waals surface area contributed by atoms with Crippen LogP contribution in [0.5, 0.6) is 5.75 Å². The third-order valence-electron chi connectivity index (χ3n) is 4.43. The molecule has 3 aromatic heterocycles. The Hall–Kier alpha value is -3.68. The molecule has 8 heteroatoms. The molecule has 1 aromatic carbocycles. The molecule has 3 heterocycles. The minimum Gasteiger partial charge on any atom is -0.491 e. The Kier molecular flexibility index (Phi) is 4.99. The number of hydrogen-bond donors (Lipinski definition) is 0. The summed E-state index contributed by atoms with van der Waals surface area (Å²) in [7, 11) is 1.47. The summed E-state index contributed by atoms with van der Waals surface area (Å²) in [4.78, 5) is 13.0. The van der Waals surface area contributed by atoms with Crippen LogP contribution in [-0.2, 0) is 6.54 Å². The molecule has 0 unspecified atom stereocenters. The number of hydrogen-bond acceptors (Lipinski definition) is 5. The third kappa shape index (κ3) is 3.69. The second kappa shape index (κ2) is 7.75. The van der Waals surface area contributed by atoms with Gasteiger partial charge in [-0.1, -0.05) is 32.0 Å². The van der Waals surface area contributed by atoms with Gasteiger partial charge in [0.05, 0.1) is 43.3 Å². The van der Waals surface area contributed by atoms with E-state index in [2.05, 4.69) is 29.1 Å². The zero-order valence-corrected chi connectivity index (χ0v) is 16.6. The Morgan fingerprint density at radius 1 is 1.03 bits per heavy atom. The maximum absolute atomic E-state index is 13.0. The van der Waals surface area contributed by atoms with E-state index in [1.54, 1.807) is 34.0 Å². The molecule has 0 spiro atoms. The van der Waals surface area contributed by atoms with Gasteiger partial charge >= 0.3 is 0 Å². The smallest absolute Gasteiger partial charge is 0.251 e. The zero-order valence-electron chi connectivity index (χ0n) is 16.6. The summed E-state index contributed by atoms with van der Waals surface area (Å²) in [6.07, 6.45) is 6.84. The third-order valence-corrected chi connectivity index (χ3v) is 4.43. The molecule has 8 nitrogen and oxygen atoms in total. The van der Waals surface area contributed by atoms with E-state index in [0.717, 1.165) is 17.9 Å². The Labute approximate surface area is 168 Å². The molecule has 0 amide bonds. The zero-order chi connectivity index (χ0) is 20.4. The van der Waals surface area contributed by atoms with Crippen LogP contribution < -0.4 is 10.2 Å². The number of methoxy groups -OCH3 is 1. The van der Waals surface area contributed by atoms with E-state index in [1.165, 1.54) is 7.11 Å². The van der Waals surface area contributed by atoms with E-state index in [0.29, 0.717) is 11.6 Å². The molecule has 0 aliphatic heterocycles. The van der Waals surface area contributed by atoms with Gasteiger partial charge in [-0.05, 0) is 24.1 Å². The van der Waals surface area contributed by atoms with Gasteiger partial charge in [0.1, 0.15) is 5.69 Å². The van der Waals surface area contributed by atoms with E-state index < -0.39 is 0 Å². The van der Waals surface area contributed by atoms with Gasteiger partial charge in [0.15, 0.2) is 11.4 Å². The summed E-state index contributed by atoms with van der Waals surface area (Å²) < 4.78 is 10.5. The van der Waals surface area contributed by atoms with Gasteiger partial charge in [0.2, 0.25) is 0 Å². The summed E-state index contributed by atoms with van der Waals surface area (Å²) in [5, 5.41) is 13.3. The molecule has 0 bridgehead atoms. The number of nitrogens with zero attached hydrogens (tertiary/aromatic N) is 6. The van der Waals surface area contributed by atoms with Gasteiger partial charge in [-0.25, -0.2) is 9.36 Å². The van der Waals surface area contributed by atoms with Crippen molar-refractivity contribution in [2.45, 2.75) is 20.4 Å². The number of aromatic nitrogens is 6. The minimum absolute atomic E-state index is 0.201. The highest BCUT2D eigenvalue weighted by Gasteiger charge is 2.18. The Bertz CT molecular complexity index is 1170. The number of benzene rings is 1. The van der Waals surface area contributed by atoms with Crippen molar-refractivity contribution in [3.05, 3.63) is 71.4 Å². The summed E-state index contributed by atoms with van der Waals surface area (Å²) in [5.41, 5.74) is 2.13. The van der Waals surface area contributed by atoms with Crippen LogP contribution in [0, 0.1) is 5.92 Å². The molecule has 0 radical (unpaired) electrons. The van der Waals surface area contributed by atoms with Crippen LogP contribution in [0.25, 0.3) is 22.8 Å². The molecule has 148 valence electrons. The number of para-hydroxylation sites is 1. The molecule has 0 aliphatic carbocycles. The molecule has 0 fully saturated rings. The van der Waals surface area contributed by atoms with Crippen molar-refractivity contribution in [2.24, 2.45) is 5.92 Å². The fourth-order valence-electron chi connectivity index (χ4n) is 3.12. The average Bonchev–Trinajstić information content (AvgIpc) is 3.38. The molecule has 0 atom stereocenters. The molecule has 4 aromatic rings. The fraction of sp³-hybridized carbons (Fsp3) is 0.238. The van der Waals surface area contributed by atoms with Gasteiger partial charge in [-0.3, -0.25) is 9.48 Å². The quantitative estimate of drug-likeness (QED) is 0.506. The summed E-state index contributed by atoms with van der Waals surface area (Å²) >= 11 is 0. The first-order valence-corrected chi connectivity index (χ1v) is 9.37. The second-order valence-corrected chi connectivity index (χ2v) is 7.10. The lowest BCUT2D eigenvalue weighted by Crippen LogP contribution is -2.17. The maximum Gasteiger partial charge on any atom is 0.251 e. The summed E-state index contributed by atoms with van der Waals surface area (Å²) in [5.74, 6) is 0.669. The first kappa shape index (κ1) is 18.7. The molecule has 0 N–H and O–H groups in total. The molecule has 29 heavy (non-hydrogen) atoms. The van der Waals surface area contributed by atoms with Crippen molar-refractivity contribution in [3.63, 3.8) is 0 Å². The van der Waals surface area contributed by atoms with Crippen LogP contribution in [-0.4, -0.2) is 36.5 Å². The fourth-order valence-corrected chi connectivity index (χ4v) is 3.12. The van der Waals surface area contributed by atoms with Crippen LogP contribution in [0.15, 0.2) is 66.0 Å². The van der Waals surface area contributed by atoms with Crippen molar-refractivity contribution in [2.75, 3.05) is 7.11 Å². The Morgan fingerprint density at radius 2 is 1.83 bits per heavy atom. The van der Waals surface area contributed by atoms with Crippen LogP contribution in [0.4, 0.5) is 0 Å². The first-order chi connectivity index (χ1) is 14.1. The van der Waals surface area contributed by atoms with Gasteiger partial charge in [0, 0.05) is 6.54 Å². The predicted molar refractivity (Wildman–Crippen MR) is 110 cm³/mol. The van der Waals surface area contributed by atoms with Crippen LogP contribution in [0.1, 0.15) is 13.8 Å². The van der Waals surface area contributed by atoms with Crippen molar-refractivity contribution < 1.29 is 4.74 Å². The van der Waals surface area contributed by atoms with E-state index in [9.17, 15) is 4.79 Å². The minimum atomic E-state index is -0.295.